The number of hydrogen-bond acceptors (Lipinski definition) is 2. The fraction of sp³-hybridized carbons (Fsp3) is 0.300. The fourth-order valence-electron chi connectivity index (χ4n) is 3.68. The van der Waals surface area contributed by atoms with E-state index in [1.165, 1.54) is 27.2 Å². The van der Waals surface area contributed by atoms with Crippen LogP contribution in [0.3, 0.4) is 0 Å². The zero-order valence-electron chi connectivity index (χ0n) is 14.7. The fourth-order valence-corrected chi connectivity index (χ4v) is 3.93. The van der Waals surface area contributed by atoms with Crippen LogP contribution in [-0.2, 0) is 19.6 Å². The van der Waals surface area contributed by atoms with Gasteiger partial charge in [-0.1, -0.05) is 42.0 Å². The number of nitrogens with zero attached hydrogens (tertiary/aromatic N) is 3. The van der Waals surface area contributed by atoms with Crippen molar-refractivity contribution in [1.29, 1.82) is 0 Å². The van der Waals surface area contributed by atoms with Gasteiger partial charge in [0.2, 0.25) is 4.77 Å². The highest BCUT2D eigenvalue weighted by atomic mass is 32.1. The standard InChI is InChI=1S/C20H22N4S/c1-15-7-8-19(16(2)11-15)23-13-21-24(20(23)25)14-22-10-9-17-5-3-4-6-18(17)12-22/h3-8,11,13H,9-10,12,14H2,1-2H3/p+1. The molecular formula is C20H23N4S+. The van der Waals surface area contributed by atoms with Crippen LogP contribution in [0.4, 0.5) is 0 Å². The van der Waals surface area contributed by atoms with E-state index in [9.17, 15) is 0 Å². The second-order valence-corrected chi connectivity index (χ2v) is 7.29. The molecule has 25 heavy (non-hydrogen) atoms. The Labute approximate surface area is 153 Å². The number of hydrogen-bond donors (Lipinski definition) is 1. The molecular weight excluding hydrogens is 328 g/mol. The Kier molecular flexibility index (Phi) is 4.27. The third kappa shape index (κ3) is 3.17. The molecule has 0 aliphatic carbocycles. The Morgan fingerprint density at radius 2 is 1.92 bits per heavy atom. The summed E-state index contributed by atoms with van der Waals surface area (Å²) >= 11 is 5.70. The average Bonchev–Trinajstić information content (AvgIpc) is 2.96. The second-order valence-electron chi connectivity index (χ2n) is 6.93. The first-order valence-corrected chi connectivity index (χ1v) is 9.15. The third-order valence-electron chi connectivity index (χ3n) is 5.03. The average molecular weight is 351 g/mol. The highest BCUT2D eigenvalue weighted by Crippen LogP contribution is 2.16. The van der Waals surface area contributed by atoms with Crippen molar-refractivity contribution in [1.82, 2.24) is 14.3 Å². The van der Waals surface area contributed by atoms with Gasteiger partial charge in [-0.15, -0.1) is 0 Å². The van der Waals surface area contributed by atoms with E-state index >= 15 is 0 Å². The van der Waals surface area contributed by atoms with Crippen LogP contribution in [0, 0.1) is 18.6 Å². The van der Waals surface area contributed by atoms with Gasteiger partial charge in [0.25, 0.3) is 0 Å². The van der Waals surface area contributed by atoms with E-state index < -0.39 is 0 Å². The molecule has 5 heteroatoms. The van der Waals surface area contributed by atoms with Crippen LogP contribution in [0.5, 0.6) is 0 Å². The molecule has 128 valence electrons. The van der Waals surface area contributed by atoms with Gasteiger partial charge in [-0.3, -0.25) is 4.57 Å². The molecule has 0 bridgehead atoms. The molecule has 3 aromatic rings. The van der Waals surface area contributed by atoms with Crippen LogP contribution in [-0.4, -0.2) is 20.9 Å². The summed E-state index contributed by atoms with van der Waals surface area (Å²) < 4.78 is 4.73. The topological polar surface area (TPSA) is 27.2 Å². The lowest BCUT2D eigenvalue weighted by Crippen LogP contribution is -3.11. The molecule has 1 aliphatic heterocycles. The van der Waals surface area contributed by atoms with Crippen LogP contribution in [0.2, 0.25) is 0 Å². The summed E-state index contributed by atoms with van der Waals surface area (Å²) in [7, 11) is 0. The van der Waals surface area contributed by atoms with E-state index in [0.29, 0.717) is 0 Å². The molecule has 2 aromatic carbocycles. The van der Waals surface area contributed by atoms with Crippen molar-refractivity contribution in [2.75, 3.05) is 6.54 Å². The second kappa shape index (κ2) is 6.58. The zero-order chi connectivity index (χ0) is 17.4. The predicted octanol–water partition coefficient (Wildman–Crippen LogP) is 2.62. The van der Waals surface area contributed by atoms with Gasteiger partial charge in [0.15, 0.2) is 6.67 Å². The lowest BCUT2D eigenvalue weighted by molar-refractivity contribution is -0.939. The number of benzene rings is 2. The van der Waals surface area contributed by atoms with E-state index in [0.717, 1.165) is 36.6 Å². The maximum absolute atomic E-state index is 5.70. The highest BCUT2D eigenvalue weighted by Gasteiger charge is 2.20. The summed E-state index contributed by atoms with van der Waals surface area (Å²) in [5.41, 5.74) is 6.52. The van der Waals surface area contributed by atoms with E-state index in [1.54, 1.807) is 0 Å². The molecule has 0 radical (unpaired) electrons. The molecule has 4 nitrogen and oxygen atoms in total. The maximum Gasteiger partial charge on any atom is 0.207 e. The van der Waals surface area contributed by atoms with Gasteiger partial charge in [0, 0.05) is 12.0 Å². The SMILES string of the molecule is Cc1ccc(-n2cnn(C[NH+]3CCc4ccccc4C3)c2=S)c(C)c1. The molecule has 1 aliphatic rings. The molecule has 1 N–H and O–H groups in total. The first-order chi connectivity index (χ1) is 12.1. The molecule has 2 heterocycles. The van der Waals surface area contributed by atoms with E-state index in [4.69, 9.17) is 12.2 Å². The zero-order valence-corrected chi connectivity index (χ0v) is 15.5. The van der Waals surface area contributed by atoms with E-state index in [1.807, 2.05) is 15.6 Å². The summed E-state index contributed by atoms with van der Waals surface area (Å²) in [4.78, 5) is 1.50. The number of rotatable bonds is 3. The van der Waals surface area contributed by atoms with Crippen LogP contribution in [0.15, 0.2) is 48.8 Å². The monoisotopic (exact) mass is 351 g/mol. The Morgan fingerprint density at radius 3 is 2.72 bits per heavy atom. The van der Waals surface area contributed by atoms with Crippen LogP contribution in [0.25, 0.3) is 5.69 Å². The summed E-state index contributed by atoms with van der Waals surface area (Å²) in [5, 5.41) is 4.56. The summed E-state index contributed by atoms with van der Waals surface area (Å²) in [6.45, 7) is 7.19. The number of fused-ring (bicyclic) bond motifs is 1. The van der Waals surface area contributed by atoms with Gasteiger partial charge in [-0.05, 0) is 43.3 Å². The minimum absolute atomic E-state index is 0.762. The van der Waals surface area contributed by atoms with Crippen LogP contribution in [0.1, 0.15) is 22.3 Å². The van der Waals surface area contributed by atoms with Gasteiger partial charge >= 0.3 is 0 Å². The number of aryl methyl sites for hydroxylation is 2. The Hall–Kier alpha value is -2.24. The number of nitrogens with one attached hydrogen (secondary N) is 1. The van der Waals surface area contributed by atoms with Crippen LogP contribution >= 0.6 is 12.2 Å². The van der Waals surface area contributed by atoms with Crippen molar-refractivity contribution in [2.24, 2.45) is 0 Å². The maximum atomic E-state index is 5.70. The minimum Gasteiger partial charge on any atom is -0.312 e. The first-order valence-electron chi connectivity index (χ1n) is 8.74. The van der Waals surface area contributed by atoms with Crippen molar-refractivity contribution in [3.05, 3.63) is 75.8 Å². The van der Waals surface area contributed by atoms with E-state index in [2.05, 4.69) is 61.4 Å². The minimum atomic E-state index is 0.762. The Balaban J connectivity index is 1.57. The Morgan fingerprint density at radius 1 is 1.12 bits per heavy atom. The van der Waals surface area contributed by atoms with Crippen molar-refractivity contribution in [3.63, 3.8) is 0 Å². The summed E-state index contributed by atoms with van der Waals surface area (Å²) in [6.07, 6.45) is 2.97. The van der Waals surface area contributed by atoms with Crippen molar-refractivity contribution < 1.29 is 4.90 Å². The van der Waals surface area contributed by atoms with Gasteiger partial charge < -0.3 is 4.90 Å². The molecule has 1 unspecified atom stereocenters. The third-order valence-corrected chi connectivity index (χ3v) is 5.43. The lowest BCUT2D eigenvalue weighted by atomic mass is 10.0. The normalized spacial score (nSPS) is 16.6. The van der Waals surface area contributed by atoms with Gasteiger partial charge in [0.1, 0.15) is 12.9 Å². The molecule has 0 amide bonds. The number of aromatic nitrogens is 3. The van der Waals surface area contributed by atoms with Crippen molar-refractivity contribution in [3.8, 4) is 5.69 Å². The van der Waals surface area contributed by atoms with Gasteiger partial charge in [-0.25, -0.2) is 0 Å². The molecule has 0 spiro atoms. The molecule has 0 fully saturated rings. The first kappa shape index (κ1) is 16.2. The quantitative estimate of drug-likeness (QED) is 0.735. The number of quaternary nitrogens is 1. The molecule has 4 rings (SSSR count). The molecule has 1 atom stereocenters. The van der Waals surface area contributed by atoms with Crippen LogP contribution < -0.4 is 4.90 Å². The lowest BCUT2D eigenvalue weighted by Gasteiger charge is -2.25. The largest absolute Gasteiger partial charge is 0.312 e. The molecule has 1 aromatic heterocycles. The Bertz CT molecular complexity index is 970. The highest BCUT2D eigenvalue weighted by molar-refractivity contribution is 7.71. The van der Waals surface area contributed by atoms with Gasteiger partial charge in [-0.2, -0.15) is 9.78 Å². The molecule has 0 saturated carbocycles. The molecule has 0 saturated heterocycles. The summed E-state index contributed by atoms with van der Waals surface area (Å²) in [6, 6.07) is 15.2. The predicted molar refractivity (Wildman–Crippen MR) is 102 cm³/mol. The summed E-state index contributed by atoms with van der Waals surface area (Å²) in [5.74, 6) is 0. The van der Waals surface area contributed by atoms with Crippen molar-refractivity contribution in [2.45, 2.75) is 33.5 Å². The van der Waals surface area contributed by atoms with E-state index in [-0.39, 0.29) is 0 Å². The van der Waals surface area contributed by atoms with Crippen molar-refractivity contribution >= 4 is 12.2 Å². The van der Waals surface area contributed by atoms with Gasteiger partial charge in [0.05, 0.1) is 12.2 Å². The smallest absolute Gasteiger partial charge is 0.207 e.